The summed E-state index contributed by atoms with van der Waals surface area (Å²) in [6, 6.07) is 5.53. The Hall–Kier alpha value is -2.27. The van der Waals surface area contributed by atoms with E-state index in [0.29, 0.717) is 5.56 Å². The summed E-state index contributed by atoms with van der Waals surface area (Å²) in [5.41, 5.74) is 16.8. The number of carbonyl (C=O) groups is 1. The first kappa shape index (κ1) is 15.1. The summed E-state index contributed by atoms with van der Waals surface area (Å²) in [5, 5.41) is 2.03. The lowest BCUT2D eigenvalue weighted by Gasteiger charge is -2.30. The average Bonchev–Trinajstić information content (AvgIpc) is 2.78. The second-order valence-corrected chi connectivity index (χ2v) is 5.39. The summed E-state index contributed by atoms with van der Waals surface area (Å²) in [6.07, 6.45) is 5.45. The number of amides is 1. The maximum absolute atomic E-state index is 11.4. The van der Waals surface area contributed by atoms with E-state index in [1.165, 1.54) is 0 Å². The maximum Gasteiger partial charge on any atom is 0.248 e. The lowest BCUT2D eigenvalue weighted by atomic mass is 9.83. The molecule has 1 aromatic carbocycles. The Balaban J connectivity index is 2.48. The summed E-state index contributed by atoms with van der Waals surface area (Å²) in [4.78, 5) is 11.4. The van der Waals surface area contributed by atoms with Crippen molar-refractivity contribution >= 4 is 11.6 Å². The lowest BCUT2D eigenvalue weighted by Crippen LogP contribution is -2.30. The topological polar surface area (TPSA) is 84.4 Å². The Bertz CT molecular complexity index is 582. The molecule has 0 saturated heterocycles. The molecular formula is C16H22N4O. The number of nitrogens with zero attached hydrogens (tertiary/aromatic N) is 1. The molecule has 21 heavy (non-hydrogen) atoms. The van der Waals surface area contributed by atoms with Gasteiger partial charge in [-0.3, -0.25) is 4.79 Å². The zero-order valence-corrected chi connectivity index (χ0v) is 12.4. The van der Waals surface area contributed by atoms with Gasteiger partial charge in [-0.2, -0.15) is 0 Å². The number of hydrazine groups is 1. The van der Waals surface area contributed by atoms with Crippen LogP contribution in [0.4, 0.5) is 5.69 Å². The number of nitrogens with two attached hydrogens (primary N) is 2. The van der Waals surface area contributed by atoms with Crippen molar-refractivity contribution in [1.82, 2.24) is 5.01 Å². The van der Waals surface area contributed by atoms with Gasteiger partial charge in [0.1, 0.15) is 0 Å². The lowest BCUT2D eigenvalue weighted by molar-refractivity contribution is 0.1000. The molecule has 0 fully saturated rings. The molecule has 2 rings (SSSR count). The van der Waals surface area contributed by atoms with Crippen LogP contribution in [0.5, 0.6) is 0 Å². The number of fused-ring (bicyclic) bond motifs is 1. The Morgan fingerprint density at radius 3 is 2.81 bits per heavy atom. The largest absolute Gasteiger partial charge is 0.405 e. The molecule has 3 unspecified atom stereocenters. The fourth-order valence-electron chi connectivity index (χ4n) is 2.85. The second-order valence-electron chi connectivity index (χ2n) is 5.39. The number of hydrogen-bond donors (Lipinski definition) is 3. The van der Waals surface area contributed by atoms with Crippen LogP contribution in [0, 0.1) is 11.8 Å². The Labute approximate surface area is 125 Å². The van der Waals surface area contributed by atoms with Crippen LogP contribution in [0.25, 0.3) is 0 Å². The molecule has 0 aromatic heterocycles. The quantitative estimate of drug-likeness (QED) is 0.723. The molecule has 1 amide bonds. The van der Waals surface area contributed by atoms with E-state index < -0.39 is 5.91 Å². The number of anilines is 1. The zero-order chi connectivity index (χ0) is 15.6. The first-order valence-corrected chi connectivity index (χ1v) is 6.93. The minimum atomic E-state index is -0.422. The molecule has 0 spiro atoms. The predicted octanol–water partition coefficient (Wildman–Crippen LogP) is 2.01. The minimum Gasteiger partial charge on any atom is -0.405 e. The van der Waals surface area contributed by atoms with Crippen LogP contribution in [-0.2, 0) is 0 Å². The number of primary amides is 1. The molecule has 0 bridgehead atoms. The van der Waals surface area contributed by atoms with Gasteiger partial charge in [-0.1, -0.05) is 19.1 Å². The third kappa shape index (κ3) is 2.78. The van der Waals surface area contributed by atoms with Gasteiger partial charge in [0, 0.05) is 18.5 Å². The molecule has 3 atom stereocenters. The fraction of sp³-hybridized carbons (Fsp3) is 0.312. The van der Waals surface area contributed by atoms with Gasteiger partial charge < -0.3 is 16.9 Å². The van der Waals surface area contributed by atoms with Crippen LogP contribution in [-0.4, -0.2) is 18.0 Å². The summed E-state index contributed by atoms with van der Waals surface area (Å²) >= 11 is 0. The number of hydrogen-bond acceptors (Lipinski definition) is 4. The highest BCUT2D eigenvalue weighted by Gasteiger charge is 2.35. The van der Waals surface area contributed by atoms with Gasteiger partial charge >= 0.3 is 0 Å². The number of carbonyl (C=O) groups excluding carboxylic acids is 1. The van der Waals surface area contributed by atoms with E-state index in [-0.39, 0.29) is 17.9 Å². The Kier molecular flexibility index (Phi) is 4.33. The van der Waals surface area contributed by atoms with Gasteiger partial charge in [0.15, 0.2) is 0 Å². The van der Waals surface area contributed by atoms with Crippen LogP contribution in [0.15, 0.2) is 43.1 Å². The molecule has 112 valence electrons. The van der Waals surface area contributed by atoms with Crippen molar-refractivity contribution in [2.45, 2.75) is 13.0 Å². The van der Waals surface area contributed by atoms with Gasteiger partial charge in [0.25, 0.3) is 0 Å². The molecular weight excluding hydrogens is 264 g/mol. The van der Waals surface area contributed by atoms with Gasteiger partial charge in [-0.05, 0) is 35.9 Å². The van der Waals surface area contributed by atoms with Crippen molar-refractivity contribution in [3.63, 3.8) is 0 Å². The van der Waals surface area contributed by atoms with Crippen LogP contribution in [0.2, 0.25) is 0 Å². The first-order valence-electron chi connectivity index (χ1n) is 6.93. The van der Waals surface area contributed by atoms with Gasteiger partial charge in [-0.15, -0.1) is 6.58 Å². The van der Waals surface area contributed by atoms with Crippen LogP contribution in [0.3, 0.4) is 0 Å². The Morgan fingerprint density at radius 1 is 1.52 bits per heavy atom. The molecule has 1 aliphatic heterocycles. The monoisotopic (exact) mass is 286 g/mol. The molecule has 5 nitrogen and oxygen atoms in total. The highest BCUT2D eigenvalue weighted by molar-refractivity contribution is 5.93. The summed E-state index contributed by atoms with van der Waals surface area (Å²) in [6.45, 7) is 5.97. The SMILES string of the molecule is C=CC(C)C(/C=C/N)C1c2cc(C(N)=O)ccc2NN1C. The highest BCUT2D eigenvalue weighted by Crippen LogP contribution is 2.42. The smallest absolute Gasteiger partial charge is 0.248 e. The normalized spacial score (nSPS) is 20.8. The molecule has 1 heterocycles. The van der Waals surface area contributed by atoms with Crippen molar-refractivity contribution in [2.24, 2.45) is 23.3 Å². The molecule has 0 radical (unpaired) electrons. The van der Waals surface area contributed by atoms with Crippen molar-refractivity contribution < 1.29 is 4.79 Å². The molecule has 5 heteroatoms. The summed E-state index contributed by atoms with van der Waals surface area (Å²) < 4.78 is 0. The van der Waals surface area contributed by atoms with Crippen molar-refractivity contribution in [1.29, 1.82) is 0 Å². The molecule has 0 saturated carbocycles. The predicted molar refractivity (Wildman–Crippen MR) is 85.3 cm³/mol. The van der Waals surface area contributed by atoms with Crippen LogP contribution in [0.1, 0.15) is 28.9 Å². The standard InChI is InChI=1S/C16H22N4O/c1-4-10(2)12(7-8-17)15-13-9-11(16(18)21)5-6-14(13)19-20(15)3/h4-10,12,15,19H,1,17H2,2-3H3,(H2,18,21)/b8-7+. The average molecular weight is 286 g/mol. The van der Waals surface area contributed by atoms with E-state index in [1.807, 2.05) is 36.3 Å². The van der Waals surface area contributed by atoms with Gasteiger partial charge in [-0.25, -0.2) is 5.01 Å². The van der Waals surface area contributed by atoms with E-state index in [1.54, 1.807) is 12.3 Å². The van der Waals surface area contributed by atoms with Crippen molar-refractivity contribution in [3.8, 4) is 0 Å². The van der Waals surface area contributed by atoms with Crippen molar-refractivity contribution in [2.75, 3.05) is 12.5 Å². The van der Waals surface area contributed by atoms with E-state index >= 15 is 0 Å². The third-order valence-electron chi connectivity index (χ3n) is 4.05. The van der Waals surface area contributed by atoms with Gasteiger partial charge in [0.2, 0.25) is 5.91 Å². The number of allylic oxidation sites excluding steroid dienone is 1. The van der Waals surface area contributed by atoms with E-state index in [0.717, 1.165) is 11.3 Å². The van der Waals surface area contributed by atoms with Crippen LogP contribution >= 0.6 is 0 Å². The van der Waals surface area contributed by atoms with Crippen molar-refractivity contribution in [3.05, 3.63) is 54.3 Å². The second kappa shape index (κ2) is 6.01. The molecule has 5 N–H and O–H groups in total. The van der Waals surface area contributed by atoms with Gasteiger partial charge in [0.05, 0.1) is 11.7 Å². The fourth-order valence-corrected chi connectivity index (χ4v) is 2.85. The Morgan fingerprint density at radius 2 is 2.24 bits per heavy atom. The maximum atomic E-state index is 11.4. The zero-order valence-electron chi connectivity index (χ0n) is 12.4. The van der Waals surface area contributed by atoms with E-state index in [9.17, 15) is 4.79 Å². The van der Waals surface area contributed by atoms with Crippen LogP contribution < -0.4 is 16.9 Å². The number of benzene rings is 1. The highest BCUT2D eigenvalue weighted by atomic mass is 16.1. The minimum absolute atomic E-state index is 0.0621. The van der Waals surface area contributed by atoms with E-state index in [4.69, 9.17) is 11.5 Å². The summed E-state index contributed by atoms with van der Waals surface area (Å²) in [5.74, 6) is -0.0367. The number of nitrogens with one attached hydrogen (secondary N) is 1. The molecule has 0 aliphatic carbocycles. The summed E-state index contributed by atoms with van der Waals surface area (Å²) in [7, 11) is 1.97. The first-order chi connectivity index (χ1) is 9.99. The van der Waals surface area contributed by atoms with E-state index in [2.05, 4.69) is 18.9 Å². The molecule has 1 aliphatic rings. The molecule has 1 aromatic rings. The third-order valence-corrected chi connectivity index (χ3v) is 4.05. The number of rotatable bonds is 5.